The third kappa shape index (κ3) is 4.77. The summed E-state index contributed by atoms with van der Waals surface area (Å²) in [4.78, 5) is 18.0. The van der Waals surface area contributed by atoms with Gasteiger partial charge in [0.15, 0.2) is 5.79 Å². The van der Waals surface area contributed by atoms with Crippen LogP contribution in [0.25, 0.3) is 0 Å². The van der Waals surface area contributed by atoms with Crippen LogP contribution in [0.15, 0.2) is 53.0 Å². The molecule has 0 spiro atoms. The van der Waals surface area contributed by atoms with Gasteiger partial charge in [-0.2, -0.15) is 4.76 Å². The standard InChI is InChI=1S/C15H18NO7P/c17-11-4-1-3-10(9-11)7-8-15(19,20)14-12(16-24(21,22)23)5-2-6-13(14)18/h1-6,9,14,17-20H,7-8H2,(H2,21,22,23). The van der Waals surface area contributed by atoms with Crippen molar-refractivity contribution in [1.82, 2.24) is 0 Å². The summed E-state index contributed by atoms with van der Waals surface area (Å²) < 4.78 is 14.2. The number of benzene rings is 1. The molecule has 1 aromatic carbocycles. The molecule has 0 fully saturated rings. The van der Waals surface area contributed by atoms with Crippen LogP contribution in [0, 0.1) is 5.92 Å². The molecule has 24 heavy (non-hydrogen) atoms. The number of rotatable bonds is 5. The van der Waals surface area contributed by atoms with E-state index in [2.05, 4.69) is 4.76 Å². The third-order valence-electron chi connectivity index (χ3n) is 3.53. The Morgan fingerprint density at radius 2 is 1.92 bits per heavy atom. The van der Waals surface area contributed by atoms with Gasteiger partial charge in [0, 0.05) is 6.42 Å². The second kappa shape index (κ2) is 6.88. The fourth-order valence-electron chi connectivity index (χ4n) is 2.49. The summed E-state index contributed by atoms with van der Waals surface area (Å²) in [6.07, 6.45) is 3.58. The Labute approximate surface area is 138 Å². The molecule has 1 unspecified atom stereocenters. The van der Waals surface area contributed by atoms with Gasteiger partial charge in [0.25, 0.3) is 0 Å². The number of aliphatic hydroxyl groups excluding tert-OH is 1. The lowest BCUT2D eigenvalue weighted by Crippen LogP contribution is -2.44. The number of phenols is 1. The largest absolute Gasteiger partial charge is 0.511 e. The number of phenolic OH excluding ortho intramolecular Hbond substituents is 1. The van der Waals surface area contributed by atoms with Gasteiger partial charge >= 0.3 is 7.75 Å². The summed E-state index contributed by atoms with van der Waals surface area (Å²) in [5.41, 5.74) is 0.301. The number of hydrogen-bond donors (Lipinski definition) is 6. The van der Waals surface area contributed by atoms with Crippen molar-refractivity contribution in [3.05, 3.63) is 53.8 Å². The number of allylic oxidation sites excluding steroid dienone is 3. The summed E-state index contributed by atoms with van der Waals surface area (Å²) in [5, 5.41) is 40.0. The van der Waals surface area contributed by atoms with Crippen LogP contribution in [-0.4, -0.2) is 41.7 Å². The van der Waals surface area contributed by atoms with E-state index in [1.54, 1.807) is 12.1 Å². The second-order valence-corrected chi connectivity index (χ2v) is 6.70. The Hall–Kier alpha value is -1.96. The summed E-state index contributed by atoms with van der Waals surface area (Å²) in [7, 11) is -4.81. The molecule has 0 aromatic heterocycles. The zero-order valence-electron chi connectivity index (χ0n) is 12.5. The van der Waals surface area contributed by atoms with Crippen LogP contribution in [0.4, 0.5) is 0 Å². The minimum atomic E-state index is -4.81. The van der Waals surface area contributed by atoms with Crippen LogP contribution in [0.2, 0.25) is 0 Å². The monoisotopic (exact) mass is 355 g/mol. The van der Waals surface area contributed by atoms with Crippen LogP contribution in [0.1, 0.15) is 12.0 Å². The fraction of sp³-hybridized carbons (Fsp3) is 0.267. The lowest BCUT2D eigenvalue weighted by molar-refractivity contribution is -0.185. The van der Waals surface area contributed by atoms with Gasteiger partial charge < -0.3 is 30.2 Å². The first-order chi connectivity index (χ1) is 11.1. The van der Waals surface area contributed by atoms with E-state index in [1.807, 2.05) is 0 Å². The predicted octanol–water partition coefficient (Wildman–Crippen LogP) is 1.17. The number of aliphatic hydroxyl groups is 3. The van der Waals surface area contributed by atoms with Crippen molar-refractivity contribution in [2.45, 2.75) is 18.6 Å². The molecular formula is C15H18NO7P. The normalized spacial score (nSPS) is 20.2. The summed E-state index contributed by atoms with van der Waals surface area (Å²) >= 11 is 0. The summed E-state index contributed by atoms with van der Waals surface area (Å²) in [6.45, 7) is 0. The van der Waals surface area contributed by atoms with Gasteiger partial charge in [-0.3, -0.25) is 0 Å². The SMILES string of the molecule is O=P(O)(O)N=C1C=CC=C(O)C1C(O)(O)CCc1cccc(O)c1. The topological polar surface area (TPSA) is 151 Å². The molecule has 0 heterocycles. The van der Waals surface area contributed by atoms with Gasteiger partial charge in [-0.05, 0) is 36.3 Å². The molecule has 130 valence electrons. The average Bonchev–Trinajstić information content (AvgIpc) is 2.43. The molecule has 0 amide bonds. The number of aromatic hydroxyl groups is 1. The van der Waals surface area contributed by atoms with Gasteiger partial charge in [-0.25, -0.2) is 4.57 Å². The van der Waals surface area contributed by atoms with E-state index in [1.165, 1.54) is 30.4 Å². The predicted molar refractivity (Wildman–Crippen MR) is 86.4 cm³/mol. The van der Waals surface area contributed by atoms with Crippen molar-refractivity contribution in [1.29, 1.82) is 0 Å². The van der Waals surface area contributed by atoms with Crippen LogP contribution in [-0.2, 0) is 11.0 Å². The van der Waals surface area contributed by atoms with Crippen LogP contribution in [0.3, 0.4) is 0 Å². The second-order valence-electron chi connectivity index (χ2n) is 5.47. The van der Waals surface area contributed by atoms with E-state index in [4.69, 9.17) is 9.79 Å². The maximum absolute atomic E-state index is 11.1. The summed E-state index contributed by atoms with van der Waals surface area (Å²) in [6, 6.07) is 6.20. The number of aryl methyl sites for hydroxylation is 1. The number of hydrogen-bond acceptors (Lipinski definition) is 5. The highest BCUT2D eigenvalue weighted by Crippen LogP contribution is 2.40. The van der Waals surface area contributed by atoms with E-state index < -0.39 is 25.2 Å². The highest BCUT2D eigenvalue weighted by Gasteiger charge is 2.41. The van der Waals surface area contributed by atoms with Crippen molar-refractivity contribution < 1.29 is 34.8 Å². The Balaban J connectivity index is 2.24. The molecule has 1 aliphatic rings. The molecule has 1 atom stereocenters. The molecule has 0 bridgehead atoms. The smallest absolute Gasteiger partial charge is 0.448 e. The minimum absolute atomic E-state index is 0.0288. The van der Waals surface area contributed by atoms with Gasteiger partial charge in [-0.1, -0.05) is 18.2 Å². The molecule has 1 aliphatic carbocycles. The van der Waals surface area contributed by atoms with Crippen molar-refractivity contribution in [3.63, 3.8) is 0 Å². The van der Waals surface area contributed by atoms with Gasteiger partial charge in [0.2, 0.25) is 0 Å². The zero-order valence-corrected chi connectivity index (χ0v) is 13.4. The Morgan fingerprint density at radius 1 is 1.21 bits per heavy atom. The Kier molecular flexibility index (Phi) is 5.27. The van der Waals surface area contributed by atoms with Gasteiger partial charge in [-0.15, -0.1) is 0 Å². The zero-order chi connectivity index (χ0) is 18.0. The van der Waals surface area contributed by atoms with Crippen molar-refractivity contribution in [3.8, 4) is 5.75 Å². The van der Waals surface area contributed by atoms with Crippen molar-refractivity contribution in [2.75, 3.05) is 0 Å². The lowest BCUT2D eigenvalue weighted by atomic mass is 9.85. The molecular weight excluding hydrogens is 337 g/mol. The van der Waals surface area contributed by atoms with Crippen LogP contribution < -0.4 is 0 Å². The Bertz CT molecular complexity index is 748. The van der Waals surface area contributed by atoms with E-state index in [-0.39, 0.29) is 24.3 Å². The first-order valence-corrected chi connectivity index (χ1v) is 8.60. The molecule has 0 radical (unpaired) electrons. The van der Waals surface area contributed by atoms with E-state index >= 15 is 0 Å². The van der Waals surface area contributed by atoms with E-state index in [0.717, 1.165) is 0 Å². The lowest BCUT2D eigenvalue weighted by Gasteiger charge is -2.32. The van der Waals surface area contributed by atoms with E-state index in [9.17, 15) is 25.0 Å². The fourth-order valence-corrected chi connectivity index (χ4v) is 2.97. The quantitative estimate of drug-likeness (QED) is 0.343. The first kappa shape index (κ1) is 18.4. The van der Waals surface area contributed by atoms with Crippen LogP contribution >= 0.6 is 7.75 Å². The molecule has 9 heteroatoms. The van der Waals surface area contributed by atoms with Crippen LogP contribution in [0.5, 0.6) is 5.75 Å². The molecule has 2 rings (SSSR count). The van der Waals surface area contributed by atoms with Gasteiger partial charge in [0.05, 0.1) is 5.71 Å². The molecule has 0 saturated carbocycles. The molecule has 1 aromatic rings. The summed E-state index contributed by atoms with van der Waals surface area (Å²) in [5.74, 6) is -4.43. The first-order valence-electron chi connectivity index (χ1n) is 7.04. The maximum atomic E-state index is 11.1. The highest BCUT2D eigenvalue weighted by molar-refractivity contribution is 7.50. The average molecular weight is 355 g/mol. The Morgan fingerprint density at radius 3 is 2.54 bits per heavy atom. The number of nitrogens with zero attached hydrogens (tertiary/aromatic N) is 1. The highest BCUT2D eigenvalue weighted by atomic mass is 31.2. The van der Waals surface area contributed by atoms with E-state index in [0.29, 0.717) is 5.56 Å². The molecule has 0 aliphatic heterocycles. The van der Waals surface area contributed by atoms with Crippen molar-refractivity contribution in [2.24, 2.45) is 10.7 Å². The van der Waals surface area contributed by atoms with Gasteiger partial charge in [0.1, 0.15) is 17.4 Å². The van der Waals surface area contributed by atoms with Crippen molar-refractivity contribution >= 4 is 13.5 Å². The molecule has 0 saturated heterocycles. The maximum Gasteiger partial charge on any atom is 0.448 e. The molecule has 6 N–H and O–H groups in total. The molecule has 8 nitrogen and oxygen atoms in total. The minimum Gasteiger partial charge on any atom is -0.511 e. The third-order valence-corrected chi connectivity index (χ3v) is 4.02.